The van der Waals surface area contributed by atoms with Crippen LogP contribution in [0.1, 0.15) is 28.9 Å². The molecule has 0 aliphatic rings. The summed E-state index contributed by atoms with van der Waals surface area (Å²) in [6.45, 7) is 1.76. The van der Waals surface area contributed by atoms with E-state index in [1.54, 1.807) is 6.92 Å². The van der Waals surface area contributed by atoms with Gasteiger partial charge in [-0.1, -0.05) is 5.92 Å². The molecule has 1 amide bonds. The molecule has 1 unspecified atom stereocenters. The van der Waals surface area contributed by atoms with Gasteiger partial charge in [0.2, 0.25) is 0 Å². The summed E-state index contributed by atoms with van der Waals surface area (Å²) in [5, 5.41) is 7.42. The van der Waals surface area contributed by atoms with Crippen molar-refractivity contribution in [3.63, 3.8) is 0 Å². The molecule has 0 aliphatic heterocycles. The zero-order valence-electron chi connectivity index (χ0n) is 7.19. The predicted octanol–water partition coefficient (Wildman–Crippen LogP) is 0.312. The second-order valence-corrected chi connectivity index (χ2v) is 2.58. The second-order valence-electron chi connectivity index (χ2n) is 2.58. The highest BCUT2D eigenvalue weighted by Crippen LogP contribution is 2.14. The molecule has 1 aromatic rings. The summed E-state index contributed by atoms with van der Waals surface area (Å²) in [6, 6.07) is 1.51. The predicted molar refractivity (Wildman–Crippen MR) is 47.8 cm³/mol. The van der Waals surface area contributed by atoms with Gasteiger partial charge in [-0.15, -0.1) is 6.42 Å². The van der Waals surface area contributed by atoms with Gasteiger partial charge in [-0.3, -0.25) is 4.79 Å². The topological polar surface area (TPSA) is 68.9 Å². The summed E-state index contributed by atoms with van der Waals surface area (Å²) in [5.74, 6) is 1.68. The molecule has 0 bridgehead atoms. The van der Waals surface area contributed by atoms with Crippen LogP contribution in [0, 0.1) is 12.3 Å². The molecular formula is C9H9N3O. The molecule has 1 heterocycles. The van der Waals surface area contributed by atoms with E-state index < -0.39 is 5.91 Å². The fraction of sp³-hybridized carbons (Fsp3) is 0.222. The molecule has 0 radical (unpaired) electrons. The zero-order chi connectivity index (χ0) is 9.84. The van der Waals surface area contributed by atoms with Crippen LogP contribution in [0.5, 0.6) is 0 Å². The quantitative estimate of drug-likeness (QED) is 0.658. The van der Waals surface area contributed by atoms with Gasteiger partial charge >= 0.3 is 0 Å². The van der Waals surface area contributed by atoms with E-state index in [1.807, 2.05) is 0 Å². The van der Waals surface area contributed by atoms with Gasteiger partial charge < -0.3 is 5.73 Å². The fourth-order valence-corrected chi connectivity index (χ4v) is 0.950. The summed E-state index contributed by atoms with van der Waals surface area (Å²) in [4.78, 5) is 10.9. The lowest BCUT2D eigenvalue weighted by Crippen LogP contribution is -2.16. The van der Waals surface area contributed by atoms with Gasteiger partial charge in [0.15, 0.2) is 0 Å². The highest BCUT2D eigenvalue weighted by molar-refractivity contribution is 5.94. The van der Waals surface area contributed by atoms with Crippen LogP contribution < -0.4 is 5.73 Å². The van der Waals surface area contributed by atoms with Crippen LogP contribution in [0.2, 0.25) is 0 Å². The van der Waals surface area contributed by atoms with E-state index in [4.69, 9.17) is 12.2 Å². The van der Waals surface area contributed by atoms with Gasteiger partial charge in [0.25, 0.3) is 5.91 Å². The van der Waals surface area contributed by atoms with Crippen LogP contribution in [0.25, 0.3) is 0 Å². The average Bonchev–Trinajstić information content (AvgIpc) is 2.16. The maximum atomic E-state index is 10.9. The first-order valence-electron chi connectivity index (χ1n) is 3.74. The minimum absolute atomic E-state index is 0.254. The van der Waals surface area contributed by atoms with Crippen molar-refractivity contribution in [3.8, 4) is 12.3 Å². The number of amides is 1. The van der Waals surface area contributed by atoms with Crippen LogP contribution in [0.3, 0.4) is 0 Å². The number of aromatic nitrogens is 2. The van der Waals surface area contributed by atoms with Crippen molar-refractivity contribution >= 4 is 5.91 Å². The number of hydrogen-bond donors (Lipinski definition) is 1. The van der Waals surface area contributed by atoms with E-state index in [9.17, 15) is 4.79 Å². The summed E-state index contributed by atoms with van der Waals surface area (Å²) in [7, 11) is 0. The SMILES string of the molecule is C#CC(C)c1nnccc1C(N)=O. The standard InChI is InChI=1S/C9H9N3O/c1-3-6(2)8-7(9(10)13)4-5-11-12-8/h1,4-6H,2H3,(H2,10,13). The number of rotatable bonds is 2. The molecule has 1 atom stereocenters. The first-order chi connectivity index (χ1) is 6.16. The Morgan fingerprint density at radius 2 is 2.46 bits per heavy atom. The molecule has 1 aromatic heterocycles. The first-order valence-corrected chi connectivity index (χ1v) is 3.74. The van der Waals surface area contributed by atoms with Gasteiger partial charge in [-0.2, -0.15) is 10.2 Å². The summed E-state index contributed by atoms with van der Waals surface area (Å²) in [5.41, 5.74) is 5.92. The Bertz CT molecular complexity index is 367. The van der Waals surface area contributed by atoms with Crippen LogP contribution in [-0.4, -0.2) is 16.1 Å². The molecule has 13 heavy (non-hydrogen) atoms. The van der Waals surface area contributed by atoms with Crippen LogP contribution in [0.4, 0.5) is 0 Å². The first kappa shape index (κ1) is 9.20. The lowest BCUT2D eigenvalue weighted by Gasteiger charge is -2.05. The number of terminal acetylenes is 1. The molecule has 0 saturated heterocycles. The Morgan fingerprint density at radius 3 is 3.00 bits per heavy atom. The van der Waals surface area contributed by atoms with Crippen molar-refractivity contribution in [2.45, 2.75) is 12.8 Å². The van der Waals surface area contributed by atoms with Crippen LogP contribution in [-0.2, 0) is 0 Å². The molecule has 0 saturated carbocycles. The van der Waals surface area contributed by atoms with E-state index in [0.717, 1.165) is 0 Å². The maximum Gasteiger partial charge on any atom is 0.250 e. The normalized spacial score (nSPS) is 11.7. The minimum Gasteiger partial charge on any atom is -0.366 e. The number of carbonyl (C=O) groups excluding carboxylic acids is 1. The Kier molecular flexibility index (Phi) is 2.60. The number of nitrogens with zero attached hydrogens (tertiary/aromatic N) is 2. The van der Waals surface area contributed by atoms with Crippen LogP contribution >= 0.6 is 0 Å². The van der Waals surface area contributed by atoms with Crippen molar-refractivity contribution in [1.82, 2.24) is 10.2 Å². The molecule has 2 N–H and O–H groups in total. The monoisotopic (exact) mass is 175 g/mol. The highest BCUT2D eigenvalue weighted by Gasteiger charge is 2.13. The lowest BCUT2D eigenvalue weighted by atomic mass is 10.0. The van der Waals surface area contributed by atoms with Gasteiger partial charge in [0, 0.05) is 0 Å². The van der Waals surface area contributed by atoms with Gasteiger partial charge in [-0.25, -0.2) is 0 Å². The number of nitrogens with two attached hydrogens (primary N) is 1. The molecule has 0 aliphatic carbocycles. The molecule has 0 spiro atoms. The van der Waals surface area contributed by atoms with Gasteiger partial charge in [0.05, 0.1) is 23.4 Å². The Labute approximate surface area is 76.2 Å². The van der Waals surface area contributed by atoms with Crippen molar-refractivity contribution in [2.75, 3.05) is 0 Å². The molecule has 4 heteroatoms. The summed E-state index contributed by atoms with van der Waals surface area (Å²) in [6.07, 6.45) is 6.61. The third-order valence-electron chi connectivity index (χ3n) is 1.67. The Hall–Kier alpha value is -1.89. The van der Waals surface area contributed by atoms with E-state index in [-0.39, 0.29) is 5.92 Å². The third-order valence-corrected chi connectivity index (χ3v) is 1.67. The maximum absolute atomic E-state index is 10.9. The zero-order valence-corrected chi connectivity index (χ0v) is 7.19. The Morgan fingerprint density at radius 1 is 1.77 bits per heavy atom. The smallest absolute Gasteiger partial charge is 0.250 e. The molecule has 0 fully saturated rings. The van der Waals surface area contributed by atoms with E-state index >= 15 is 0 Å². The minimum atomic E-state index is -0.535. The average molecular weight is 175 g/mol. The van der Waals surface area contributed by atoms with Crippen LogP contribution in [0.15, 0.2) is 12.3 Å². The molecule has 1 rings (SSSR count). The summed E-state index contributed by atoms with van der Waals surface area (Å²) >= 11 is 0. The van der Waals surface area contributed by atoms with Crippen molar-refractivity contribution in [1.29, 1.82) is 0 Å². The van der Waals surface area contributed by atoms with E-state index in [0.29, 0.717) is 11.3 Å². The van der Waals surface area contributed by atoms with Crippen molar-refractivity contribution in [3.05, 3.63) is 23.5 Å². The van der Waals surface area contributed by atoms with Gasteiger partial charge in [0.1, 0.15) is 0 Å². The van der Waals surface area contributed by atoms with E-state index in [1.165, 1.54) is 12.3 Å². The van der Waals surface area contributed by atoms with Crippen molar-refractivity contribution < 1.29 is 4.79 Å². The number of carbonyl (C=O) groups is 1. The second kappa shape index (κ2) is 3.68. The molecule has 66 valence electrons. The third kappa shape index (κ3) is 1.82. The fourth-order valence-electron chi connectivity index (χ4n) is 0.950. The highest BCUT2D eigenvalue weighted by atomic mass is 16.1. The number of hydrogen-bond acceptors (Lipinski definition) is 3. The Balaban J connectivity index is 3.21. The van der Waals surface area contributed by atoms with Crippen molar-refractivity contribution in [2.24, 2.45) is 5.73 Å². The lowest BCUT2D eigenvalue weighted by molar-refractivity contribution is 0.0998. The molecule has 4 nitrogen and oxygen atoms in total. The van der Waals surface area contributed by atoms with E-state index in [2.05, 4.69) is 16.1 Å². The summed E-state index contributed by atoms with van der Waals surface area (Å²) < 4.78 is 0. The largest absolute Gasteiger partial charge is 0.366 e. The number of primary amides is 1. The van der Waals surface area contributed by atoms with Gasteiger partial charge in [-0.05, 0) is 13.0 Å². The molecule has 0 aromatic carbocycles. The molecular weight excluding hydrogens is 166 g/mol.